The molecule has 5 aromatic rings. The minimum Gasteiger partial charge on any atom is -0.508 e. The van der Waals surface area contributed by atoms with Crippen LogP contribution in [0.3, 0.4) is 0 Å². The Morgan fingerprint density at radius 3 is 2.49 bits per heavy atom. The lowest BCUT2D eigenvalue weighted by atomic mass is 9.94. The van der Waals surface area contributed by atoms with Crippen molar-refractivity contribution in [1.29, 1.82) is 0 Å². The van der Waals surface area contributed by atoms with E-state index in [4.69, 9.17) is 8.94 Å². The van der Waals surface area contributed by atoms with Crippen LogP contribution in [0, 0.1) is 20.8 Å². The molecule has 2 unspecified atom stereocenters. The number of aryl methyl sites for hydroxylation is 3. The molecule has 0 aliphatic rings. The summed E-state index contributed by atoms with van der Waals surface area (Å²) in [4.78, 5) is 13.2. The second kappa shape index (κ2) is 9.95. The number of phenolic OH excluding ortho intramolecular Hbond substituents is 1. The topological polar surface area (TPSA) is 109 Å². The maximum Gasteiger partial charge on any atom is 0.225 e. The SMILES string of the molecule is Cc1cc(O)ccc1C(NC(=O)Cc1ccc2oc(C(O)c3c(C)noc3C)cc2c1)c1ccccc1. The number of aliphatic hydroxyl groups excluding tert-OH is 1. The molecule has 7 heteroatoms. The summed E-state index contributed by atoms with van der Waals surface area (Å²) in [6, 6.07) is 21.9. The molecule has 7 nitrogen and oxygen atoms in total. The monoisotopic (exact) mass is 496 g/mol. The molecule has 1 amide bonds. The van der Waals surface area contributed by atoms with Crippen LogP contribution >= 0.6 is 0 Å². The third-order valence-corrected chi connectivity index (χ3v) is 6.60. The Labute approximate surface area is 214 Å². The molecule has 2 aromatic heterocycles. The molecule has 0 fully saturated rings. The smallest absolute Gasteiger partial charge is 0.225 e. The summed E-state index contributed by atoms with van der Waals surface area (Å²) in [5.41, 5.74) is 5.40. The van der Waals surface area contributed by atoms with Crippen molar-refractivity contribution in [3.8, 4) is 5.75 Å². The van der Waals surface area contributed by atoms with E-state index in [9.17, 15) is 15.0 Å². The van der Waals surface area contributed by atoms with E-state index in [0.29, 0.717) is 28.4 Å². The number of aromatic nitrogens is 1. The Balaban J connectivity index is 1.37. The third-order valence-electron chi connectivity index (χ3n) is 6.60. The highest BCUT2D eigenvalue weighted by molar-refractivity contribution is 5.83. The van der Waals surface area contributed by atoms with Crippen molar-refractivity contribution in [2.45, 2.75) is 39.3 Å². The van der Waals surface area contributed by atoms with Gasteiger partial charge in [0.1, 0.15) is 29.0 Å². The van der Waals surface area contributed by atoms with Crippen LogP contribution in [0.5, 0.6) is 5.75 Å². The van der Waals surface area contributed by atoms with Crippen LogP contribution in [0.2, 0.25) is 0 Å². The second-order valence-corrected chi connectivity index (χ2v) is 9.29. The zero-order valence-electron chi connectivity index (χ0n) is 20.9. The summed E-state index contributed by atoms with van der Waals surface area (Å²) < 4.78 is 11.1. The molecule has 0 radical (unpaired) electrons. The van der Waals surface area contributed by atoms with Gasteiger partial charge in [0.2, 0.25) is 5.91 Å². The Morgan fingerprint density at radius 2 is 1.78 bits per heavy atom. The molecule has 3 aromatic carbocycles. The molecule has 0 saturated heterocycles. The third kappa shape index (κ3) is 4.99. The number of furan rings is 1. The minimum absolute atomic E-state index is 0.139. The summed E-state index contributed by atoms with van der Waals surface area (Å²) >= 11 is 0. The van der Waals surface area contributed by atoms with Crippen LogP contribution in [0.15, 0.2) is 81.7 Å². The van der Waals surface area contributed by atoms with Gasteiger partial charge in [0.05, 0.1) is 23.7 Å². The molecule has 0 aliphatic heterocycles. The highest BCUT2D eigenvalue weighted by atomic mass is 16.5. The fourth-order valence-corrected chi connectivity index (χ4v) is 4.75. The number of nitrogens with one attached hydrogen (secondary N) is 1. The number of nitrogens with zero attached hydrogens (tertiary/aromatic N) is 1. The quantitative estimate of drug-likeness (QED) is 0.271. The highest BCUT2D eigenvalue weighted by Gasteiger charge is 2.24. The van der Waals surface area contributed by atoms with Gasteiger partial charge in [-0.05, 0) is 73.4 Å². The van der Waals surface area contributed by atoms with Crippen LogP contribution in [-0.4, -0.2) is 21.3 Å². The average Bonchev–Trinajstić information content (AvgIpc) is 3.45. The lowest BCUT2D eigenvalue weighted by molar-refractivity contribution is -0.120. The Hall–Kier alpha value is -4.36. The number of carbonyl (C=O) groups is 1. The number of aromatic hydroxyl groups is 1. The van der Waals surface area contributed by atoms with Crippen molar-refractivity contribution < 1.29 is 23.9 Å². The number of amides is 1. The van der Waals surface area contributed by atoms with Gasteiger partial charge in [-0.2, -0.15) is 0 Å². The number of fused-ring (bicyclic) bond motifs is 1. The van der Waals surface area contributed by atoms with Gasteiger partial charge in [0.15, 0.2) is 0 Å². The van der Waals surface area contributed by atoms with Crippen LogP contribution in [0.4, 0.5) is 0 Å². The largest absolute Gasteiger partial charge is 0.508 e. The molecule has 0 aliphatic carbocycles. The fourth-order valence-electron chi connectivity index (χ4n) is 4.75. The first-order valence-corrected chi connectivity index (χ1v) is 12.1. The van der Waals surface area contributed by atoms with Crippen LogP contribution in [-0.2, 0) is 11.2 Å². The molecule has 37 heavy (non-hydrogen) atoms. The first-order chi connectivity index (χ1) is 17.8. The standard InChI is InChI=1S/C30H28N2O5/c1-17-13-23(33)10-11-24(17)29(21-7-5-4-6-8-21)31-27(34)15-20-9-12-25-22(14-20)16-26(36-25)30(35)28-18(2)32-37-19(28)3/h4-14,16,29-30,33,35H,15H2,1-3H3,(H,31,34). The van der Waals surface area contributed by atoms with Crippen molar-refractivity contribution in [3.63, 3.8) is 0 Å². The average molecular weight is 497 g/mol. The normalized spacial score (nSPS) is 13.0. The van der Waals surface area contributed by atoms with Crippen molar-refractivity contribution in [2.24, 2.45) is 0 Å². The molecule has 5 rings (SSSR count). The van der Waals surface area contributed by atoms with Crippen LogP contribution in [0.25, 0.3) is 11.0 Å². The first kappa shape index (κ1) is 24.3. The predicted molar refractivity (Wildman–Crippen MR) is 139 cm³/mol. The fraction of sp³-hybridized carbons (Fsp3) is 0.200. The van der Waals surface area contributed by atoms with E-state index < -0.39 is 6.10 Å². The van der Waals surface area contributed by atoms with Gasteiger partial charge in [-0.3, -0.25) is 4.79 Å². The van der Waals surface area contributed by atoms with Gasteiger partial charge in [-0.25, -0.2) is 0 Å². The van der Waals surface area contributed by atoms with E-state index in [0.717, 1.165) is 27.6 Å². The zero-order chi connectivity index (χ0) is 26.1. The van der Waals surface area contributed by atoms with Gasteiger partial charge in [-0.1, -0.05) is 47.6 Å². The van der Waals surface area contributed by atoms with Gasteiger partial charge in [0, 0.05) is 5.39 Å². The summed E-state index contributed by atoms with van der Waals surface area (Å²) in [6.07, 6.45) is -0.825. The number of phenols is 1. The summed E-state index contributed by atoms with van der Waals surface area (Å²) in [7, 11) is 0. The number of hydrogen-bond donors (Lipinski definition) is 3. The maximum atomic E-state index is 13.2. The van der Waals surface area contributed by atoms with Crippen molar-refractivity contribution in [3.05, 3.63) is 118 Å². The van der Waals surface area contributed by atoms with E-state index >= 15 is 0 Å². The van der Waals surface area contributed by atoms with Crippen LogP contribution < -0.4 is 5.32 Å². The molecule has 188 valence electrons. The number of hydrogen-bond acceptors (Lipinski definition) is 6. The van der Waals surface area contributed by atoms with E-state index in [-0.39, 0.29) is 24.1 Å². The summed E-state index contributed by atoms with van der Waals surface area (Å²) in [5.74, 6) is 0.976. The van der Waals surface area contributed by atoms with E-state index in [1.807, 2.05) is 55.5 Å². The molecular weight excluding hydrogens is 468 g/mol. The lowest BCUT2D eigenvalue weighted by Gasteiger charge is -2.22. The molecule has 2 atom stereocenters. The first-order valence-electron chi connectivity index (χ1n) is 12.1. The molecule has 0 saturated carbocycles. The van der Waals surface area contributed by atoms with Crippen molar-refractivity contribution in [1.82, 2.24) is 10.5 Å². The van der Waals surface area contributed by atoms with Crippen molar-refractivity contribution in [2.75, 3.05) is 0 Å². The highest BCUT2D eigenvalue weighted by Crippen LogP contribution is 2.32. The Kier molecular flexibility index (Phi) is 6.54. The predicted octanol–water partition coefficient (Wildman–Crippen LogP) is 5.58. The Morgan fingerprint density at radius 1 is 1.00 bits per heavy atom. The molecule has 2 heterocycles. The maximum absolute atomic E-state index is 13.2. The molecule has 0 bridgehead atoms. The second-order valence-electron chi connectivity index (χ2n) is 9.29. The zero-order valence-corrected chi connectivity index (χ0v) is 20.9. The van der Waals surface area contributed by atoms with Crippen LogP contribution in [0.1, 0.15) is 57.2 Å². The van der Waals surface area contributed by atoms with Gasteiger partial charge < -0.3 is 24.5 Å². The van der Waals surface area contributed by atoms with Gasteiger partial charge in [-0.15, -0.1) is 0 Å². The van der Waals surface area contributed by atoms with E-state index in [1.54, 1.807) is 38.1 Å². The number of carbonyl (C=O) groups excluding carboxylic acids is 1. The van der Waals surface area contributed by atoms with E-state index in [2.05, 4.69) is 10.5 Å². The summed E-state index contributed by atoms with van der Waals surface area (Å²) in [6.45, 7) is 5.44. The van der Waals surface area contributed by atoms with Gasteiger partial charge in [0.25, 0.3) is 0 Å². The molecule has 3 N–H and O–H groups in total. The molecular formula is C30H28N2O5. The van der Waals surface area contributed by atoms with Gasteiger partial charge >= 0.3 is 0 Å². The lowest BCUT2D eigenvalue weighted by Crippen LogP contribution is -2.31. The number of aliphatic hydroxyl groups is 1. The van der Waals surface area contributed by atoms with Crippen molar-refractivity contribution >= 4 is 16.9 Å². The number of rotatable bonds is 7. The Bertz CT molecular complexity index is 1550. The number of benzene rings is 3. The minimum atomic E-state index is -0.995. The van der Waals surface area contributed by atoms with E-state index in [1.165, 1.54) is 0 Å². The molecule has 0 spiro atoms. The summed E-state index contributed by atoms with van der Waals surface area (Å²) in [5, 5.41) is 28.5.